The fourth-order valence-electron chi connectivity index (χ4n) is 9.31. The van der Waals surface area contributed by atoms with Gasteiger partial charge in [0.15, 0.2) is 17.5 Å². The van der Waals surface area contributed by atoms with Crippen molar-refractivity contribution in [1.82, 2.24) is 39.4 Å². The van der Waals surface area contributed by atoms with Gasteiger partial charge in [0.25, 0.3) is 0 Å². The average Bonchev–Trinajstić information content (AvgIpc) is 0.897. The van der Waals surface area contributed by atoms with Gasteiger partial charge in [-0.15, -0.1) is 12.4 Å². The van der Waals surface area contributed by atoms with Gasteiger partial charge in [-0.1, -0.05) is 86.6 Å². The van der Waals surface area contributed by atoms with Crippen LogP contribution in [0.25, 0.3) is 0 Å². The van der Waals surface area contributed by atoms with E-state index in [1.54, 1.807) is 130 Å². The number of nitrogens with zero attached hydrogens (tertiary/aromatic N) is 8. The molecule has 0 saturated carbocycles. The van der Waals surface area contributed by atoms with Gasteiger partial charge in [-0.25, -0.2) is 41.9 Å². The number of pyridine rings is 2. The van der Waals surface area contributed by atoms with Crippen molar-refractivity contribution >= 4 is 88.3 Å². The number of ether oxygens (including phenoxy) is 5. The first-order valence-electron chi connectivity index (χ1n) is 30.6. The molecule has 0 atom stereocenters. The fourth-order valence-corrected chi connectivity index (χ4v) is 9.40. The number of nitrogens with two attached hydrogens (primary N) is 2. The summed E-state index contributed by atoms with van der Waals surface area (Å²) >= 11 is 4.95. The largest absolute Gasteiger partial charge is 0.453 e. The Hall–Kier alpha value is -9.93. The van der Waals surface area contributed by atoms with Gasteiger partial charge in [-0.2, -0.15) is 0 Å². The van der Waals surface area contributed by atoms with E-state index in [1.807, 2.05) is 50.8 Å². The van der Waals surface area contributed by atoms with Crippen molar-refractivity contribution in [3.63, 3.8) is 0 Å². The van der Waals surface area contributed by atoms with Gasteiger partial charge in [-0.3, -0.25) is 30.0 Å². The molecule has 5 heterocycles. The van der Waals surface area contributed by atoms with Crippen LogP contribution in [0.15, 0.2) is 152 Å². The number of benzene rings is 5. The highest BCUT2D eigenvalue weighted by Crippen LogP contribution is 2.24. The molecular formula is C68H84Cl2F3N13O11. The van der Waals surface area contributed by atoms with Gasteiger partial charge in [0.2, 0.25) is 0 Å². The molecule has 3 saturated heterocycles. The average molecular weight is 1390 g/mol. The number of methoxy groups -OCH3 is 3. The van der Waals surface area contributed by atoms with Crippen LogP contribution in [0.5, 0.6) is 11.5 Å². The molecule has 3 fully saturated rings. The van der Waals surface area contributed by atoms with Crippen molar-refractivity contribution in [1.29, 1.82) is 0 Å². The third kappa shape index (κ3) is 27.7. The molecule has 7 aromatic rings. The monoisotopic (exact) mass is 1390 g/mol. The van der Waals surface area contributed by atoms with Crippen molar-refractivity contribution in [3.05, 3.63) is 197 Å². The van der Waals surface area contributed by atoms with Gasteiger partial charge in [0.05, 0.1) is 62.2 Å². The molecule has 10 rings (SSSR count). The summed E-state index contributed by atoms with van der Waals surface area (Å²) in [6.45, 7) is 16.2. The van der Waals surface area contributed by atoms with E-state index in [4.69, 9.17) is 37.3 Å². The van der Waals surface area contributed by atoms with Crippen LogP contribution < -0.4 is 36.9 Å². The summed E-state index contributed by atoms with van der Waals surface area (Å²) in [4.78, 5) is 87.9. The Morgan fingerprint density at radius 2 is 0.845 bits per heavy atom. The minimum absolute atomic E-state index is 0. The van der Waals surface area contributed by atoms with E-state index in [0.717, 1.165) is 17.1 Å². The van der Waals surface area contributed by atoms with E-state index in [2.05, 4.69) is 45.2 Å². The highest BCUT2D eigenvalue weighted by Gasteiger charge is 2.26. The highest BCUT2D eigenvalue weighted by molar-refractivity contribution is 6.61. The molecule has 29 heteroatoms. The third-order valence-electron chi connectivity index (χ3n) is 14.3. The van der Waals surface area contributed by atoms with E-state index in [0.29, 0.717) is 132 Å². The molecule has 24 nitrogen and oxygen atoms in total. The molecule has 0 bridgehead atoms. The maximum atomic E-state index is 14.9. The van der Waals surface area contributed by atoms with Crippen LogP contribution in [-0.4, -0.2) is 175 Å². The lowest BCUT2D eigenvalue weighted by Crippen LogP contribution is -2.48. The van der Waals surface area contributed by atoms with E-state index < -0.39 is 29.2 Å². The third-order valence-corrected chi connectivity index (χ3v) is 14.4. The topological polar surface area (TPSA) is 282 Å². The molecule has 5 aromatic carbocycles. The van der Waals surface area contributed by atoms with E-state index in [9.17, 15) is 41.9 Å². The second-order valence-corrected chi connectivity index (χ2v) is 21.4. The first-order chi connectivity index (χ1) is 46.2. The number of hydrogen-bond donors (Lipinski definition) is 5. The second-order valence-electron chi connectivity index (χ2n) is 21.1. The normalized spacial score (nSPS) is 13.4. The van der Waals surface area contributed by atoms with Crippen molar-refractivity contribution in [3.8, 4) is 11.5 Å². The predicted molar refractivity (Wildman–Crippen MR) is 369 cm³/mol. The van der Waals surface area contributed by atoms with Crippen LogP contribution >= 0.6 is 24.0 Å². The standard InChI is InChI=1S/C20H24FN5O3.C20H22FN3O4.C13H18FN3O2.C7H5ClO2.C6H8N2.C2H6.ClH/c1-14-6-7-16(12-22-14)23-19(27)24-17-5-3-4-15(18(17)21)13-25-8-10-26(11-9-25)20(28)29-2;1-27-20(26)24-12-10-23(11-13-24)14-15-6-5-9-17(18(15)21)22-19(25)28-16-7-3-2-4-8-16;1-19-13(18)17-7-5-16(6-8-17)9-10-3-2-4-11(15)12(10)14;8-7(9)10-6-4-2-1-3-5-6;1-5-2-3-6(7)4-8-5;1-2;/h3-7,12H,8-11,13H2,1-2H3,(H2,23,24,27);2-9H,10-14H2,1H3,(H,22,25);2-4H,5-9,15H2,1H3;1-5H;2-4H,7H2,1H3;1-2H3;1H. The number of amides is 6. The first-order valence-corrected chi connectivity index (χ1v) is 31.0. The number of carbonyl (C=O) groups excluding carboxylic acids is 6. The quantitative estimate of drug-likeness (QED) is 0.0457. The lowest BCUT2D eigenvalue weighted by Gasteiger charge is -2.33. The molecule has 0 spiro atoms. The molecule has 97 heavy (non-hydrogen) atoms. The number of para-hydroxylation sites is 2. The van der Waals surface area contributed by atoms with Crippen molar-refractivity contribution in [2.75, 3.05) is 127 Å². The number of carbonyl (C=O) groups is 6. The van der Waals surface area contributed by atoms with Crippen LogP contribution in [0.1, 0.15) is 41.9 Å². The number of rotatable bonds is 11. The molecule has 0 aliphatic carbocycles. The second kappa shape index (κ2) is 42.5. The minimum Gasteiger partial charge on any atom is -0.453 e. The predicted octanol–water partition coefficient (Wildman–Crippen LogP) is 12.5. The smallest absolute Gasteiger partial charge is 0.417 e. The maximum absolute atomic E-state index is 14.9. The molecule has 0 radical (unpaired) electrons. The zero-order chi connectivity index (χ0) is 69.9. The van der Waals surface area contributed by atoms with E-state index >= 15 is 0 Å². The molecule has 7 N–H and O–H groups in total. The number of urea groups is 1. The van der Waals surface area contributed by atoms with Gasteiger partial charge in [-0.05, 0) is 80.6 Å². The number of halogens is 5. The fraction of sp³-hybridized carbons (Fsp3) is 0.324. The number of hydrogen-bond acceptors (Lipinski definition) is 18. The lowest BCUT2D eigenvalue weighted by molar-refractivity contribution is 0.0880. The van der Waals surface area contributed by atoms with Gasteiger partial charge in [0.1, 0.15) is 11.5 Å². The summed E-state index contributed by atoms with van der Waals surface area (Å²) in [6, 6.07) is 38.7. The van der Waals surface area contributed by atoms with Crippen LogP contribution in [-0.2, 0) is 33.8 Å². The van der Waals surface area contributed by atoms with Crippen molar-refractivity contribution < 1.29 is 65.6 Å². The zero-order valence-electron chi connectivity index (χ0n) is 55.2. The molecule has 522 valence electrons. The summed E-state index contributed by atoms with van der Waals surface area (Å²) in [5, 5.41) is 7.61. The SMILES string of the molecule is CC.COC(=O)N1CCN(Cc2cccc(N)c2F)CC1.COC(=O)N1CCN(Cc2cccc(NC(=O)Nc3ccc(C)nc3)c2F)CC1.COC(=O)N1CCN(Cc2cccc(NC(=O)Oc3ccccc3)c2F)CC1.Cc1ccc(N)cn1.Cl.O=C(Cl)Oc1ccccc1. The Morgan fingerprint density at radius 3 is 1.22 bits per heavy atom. The Morgan fingerprint density at radius 1 is 0.464 bits per heavy atom. The molecule has 3 aliphatic heterocycles. The molecular weight excluding hydrogens is 1300 g/mol. The Bertz CT molecular complexity index is 3540. The maximum Gasteiger partial charge on any atom is 0.417 e. The Balaban J connectivity index is 0.000000272. The summed E-state index contributed by atoms with van der Waals surface area (Å²) in [5.74, 6) is -0.483. The molecule has 2 aromatic heterocycles. The Labute approximate surface area is 574 Å². The summed E-state index contributed by atoms with van der Waals surface area (Å²) in [6.07, 6.45) is 1.42. The number of anilines is 5. The lowest BCUT2D eigenvalue weighted by atomic mass is 10.1. The van der Waals surface area contributed by atoms with Crippen LogP contribution in [0.2, 0.25) is 0 Å². The Kier molecular flexibility index (Phi) is 34.8. The van der Waals surface area contributed by atoms with E-state index in [1.165, 1.54) is 39.7 Å². The number of nitrogen functional groups attached to an aromatic ring is 2. The van der Waals surface area contributed by atoms with Crippen molar-refractivity contribution in [2.45, 2.75) is 47.3 Å². The van der Waals surface area contributed by atoms with Crippen LogP contribution in [0, 0.1) is 31.3 Å². The van der Waals surface area contributed by atoms with Crippen LogP contribution in [0.3, 0.4) is 0 Å². The minimum atomic E-state index is -0.814. The number of nitrogens with one attached hydrogen (secondary N) is 3. The molecule has 0 unspecified atom stereocenters. The summed E-state index contributed by atoms with van der Waals surface area (Å²) in [5.41, 5.74) is 15.0. The van der Waals surface area contributed by atoms with Gasteiger partial charge >= 0.3 is 35.8 Å². The first kappa shape index (κ1) is 79.5. The molecule has 6 amide bonds. The number of aryl methyl sites for hydroxylation is 2. The van der Waals surface area contributed by atoms with Crippen LogP contribution in [0.4, 0.5) is 70.4 Å². The van der Waals surface area contributed by atoms with Gasteiger partial charge < -0.3 is 60.5 Å². The molecule has 3 aliphatic rings. The highest BCUT2D eigenvalue weighted by atomic mass is 35.5. The number of aromatic nitrogens is 2. The van der Waals surface area contributed by atoms with Gasteiger partial charge in [0, 0.05) is 138 Å². The summed E-state index contributed by atoms with van der Waals surface area (Å²) in [7, 11) is 4.08. The van der Waals surface area contributed by atoms with E-state index in [-0.39, 0.29) is 53.6 Å². The van der Waals surface area contributed by atoms with Crippen molar-refractivity contribution in [2.24, 2.45) is 0 Å². The summed E-state index contributed by atoms with van der Waals surface area (Å²) < 4.78 is 67.2. The zero-order valence-corrected chi connectivity index (χ0v) is 56.8. The number of piperazine rings is 3.